The van der Waals surface area contributed by atoms with Gasteiger partial charge in [0.1, 0.15) is 5.58 Å². The van der Waals surface area contributed by atoms with E-state index >= 15 is 0 Å². The van der Waals surface area contributed by atoms with Crippen molar-refractivity contribution in [3.8, 4) is 33.8 Å². The second kappa shape index (κ2) is 12.8. The molecule has 8 aromatic carbocycles. The molecule has 0 radical (unpaired) electrons. The molecular weight excluding hydrogens is 691 g/mol. The quantitative estimate of drug-likeness (QED) is 0.171. The molecule has 3 aromatic heterocycles. The Bertz CT molecular complexity index is 3190. The molecule has 0 N–H and O–H groups in total. The maximum absolute atomic E-state index is 7.03. The lowest BCUT2D eigenvalue weighted by Gasteiger charge is -2.26. The molecule has 0 fully saturated rings. The number of fused-ring (bicyclic) bond motifs is 7. The zero-order valence-corrected chi connectivity index (χ0v) is 30.4. The minimum atomic E-state index is 0.667. The molecule has 258 valence electrons. The van der Waals surface area contributed by atoms with E-state index in [9.17, 15) is 0 Å². The van der Waals surface area contributed by atoms with Crippen LogP contribution in [0.3, 0.4) is 0 Å². The van der Waals surface area contributed by atoms with Crippen LogP contribution in [0, 0.1) is 0 Å². The first-order valence-electron chi connectivity index (χ1n) is 18.4. The van der Waals surface area contributed by atoms with Crippen LogP contribution >= 0.6 is 11.3 Å². The first kappa shape index (κ1) is 31.4. The molecule has 3 heterocycles. The summed E-state index contributed by atoms with van der Waals surface area (Å²) in [5.41, 5.74) is 10.8. The lowest BCUT2D eigenvalue weighted by molar-refractivity contribution is 0.669. The van der Waals surface area contributed by atoms with E-state index in [2.05, 4.69) is 181 Å². The Labute approximate surface area is 321 Å². The van der Waals surface area contributed by atoms with Crippen LogP contribution in [0.2, 0.25) is 0 Å². The number of thiophene rings is 1. The van der Waals surface area contributed by atoms with Crippen molar-refractivity contribution in [2.75, 3.05) is 4.90 Å². The molecule has 5 heteroatoms. The average Bonchev–Trinajstić information content (AvgIpc) is 3.82. The highest BCUT2D eigenvalue weighted by Gasteiger charge is 2.25. The van der Waals surface area contributed by atoms with Gasteiger partial charge in [-0.2, -0.15) is 0 Å². The first-order valence-corrected chi connectivity index (χ1v) is 19.2. The van der Waals surface area contributed by atoms with E-state index in [1.807, 2.05) is 12.1 Å². The summed E-state index contributed by atoms with van der Waals surface area (Å²) >= 11 is 1.75. The first-order chi connectivity index (χ1) is 27.3. The van der Waals surface area contributed by atoms with Gasteiger partial charge in [0.15, 0.2) is 11.4 Å². The van der Waals surface area contributed by atoms with Crippen molar-refractivity contribution in [2.45, 2.75) is 0 Å². The zero-order chi connectivity index (χ0) is 36.3. The van der Waals surface area contributed by atoms with Gasteiger partial charge in [-0.3, -0.25) is 0 Å². The van der Waals surface area contributed by atoms with E-state index in [0.29, 0.717) is 5.82 Å². The third-order valence-corrected chi connectivity index (χ3v) is 11.6. The van der Waals surface area contributed by atoms with Crippen LogP contribution in [-0.4, -0.2) is 9.97 Å². The summed E-state index contributed by atoms with van der Waals surface area (Å²) < 4.78 is 9.31. The largest absolute Gasteiger partial charge is 0.454 e. The number of anilines is 3. The van der Waals surface area contributed by atoms with Gasteiger partial charge < -0.3 is 9.32 Å². The number of furan rings is 1. The minimum Gasteiger partial charge on any atom is -0.454 e. The van der Waals surface area contributed by atoms with Crippen LogP contribution in [0.4, 0.5) is 17.1 Å². The molecule has 0 saturated heterocycles. The molecule has 55 heavy (non-hydrogen) atoms. The lowest BCUT2D eigenvalue weighted by Crippen LogP contribution is -2.10. The van der Waals surface area contributed by atoms with Gasteiger partial charge in [-0.15, -0.1) is 11.3 Å². The van der Waals surface area contributed by atoms with Crippen LogP contribution in [-0.2, 0) is 0 Å². The van der Waals surface area contributed by atoms with Crippen molar-refractivity contribution in [1.29, 1.82) is 0 Å². The van der Waals surface area contributed by atoms with Crippen LogP contribution in [0.15, 0.2) is 192 Å². The second-order valence-electron chi connectivity index (χ2n) is 13.8. The van der Waals surface area contributed by atoms with Gasteiger partial charge in [-0.05, 0) is 76.5 Å². The van der Waals surface area contributed by atoms with Gasteiger partial charge in [-0.25, -0.2) is 9.97 Å². The second-order valence-corrected chi connectivity index (χ2v) is 14.8. The number of nitrogens with zero attached hydrogens (tertiary/aromatic N) is 3. The Morgan fingerprint density at radius 3 is 1.87 bits per heavy atom. The van der Waals surface area contributed by atoms with Gasteiger partial charge in [0.05, 0.1) is 21.6 Å². The fourth-order valence-electron chi connectivity index (χ4n) is 7.85. The minimum absolute atomic E-state index is 0.667. The van der Waals surface area contributed by atoms with Crippen LogP contribution in [0.1, 0.15) is 0 Å². The summed E-state index contributed by atoms with van der Waals surface area (Å²) in [6.45, 7) is 0. The fourth-order valence-corrected chi connectivity index (χ4v) is 9.01. The van der Waals surface area contributed by atoms with E-state index < -0.39 is 0 Å². The summed E-state index contributed by atoms with van der Waals surface area (Å²) in [5, 5.41) is 5.42. The third-order valence-electron chi connectivity index (χ3n) is 10.5. The Morgan fingerprint density at radius 2 is 1.11 bits per heavy atom. The monoisotopic (exact) mass is 721 g/mol. The molecule has 0 aliphatic rings. The normalized spacial score (nSPS) is 11.6. The van der Waals surface area contributed by atoms with E-state index in [4.69, 9.17) is 14.4 Å². The van der Waals surface area contributed by atoms with Crippen molar-refractivity contribution in [2.24, 2.45) is 0 Å². The number of para-hydroxylation sites is 1. The molecule has 0 atom stereocenters. The smallest absolute Gasteiger partial charge is 0.161 e. The Balaban J connectivity index is 1.20. The van der Waals surface area contributed by atoms with Gasteiger partial charge in [0, 0.05) is 43.4 Å². The molecule has 0 aliphatic carbocycles. The van der Waals surface area contributed by atoms with Gasteiger partial charge >= 0.3 is 0 Å². The highest BCUT2D eigenvalue weighted by atomic mass is 32.1. The zero-order valence-electron chi connectivity index (χ0n) is 29.6. The molecule has 4 nitrogen and oxygen atoms in total. The molecule has 0 aliphatic heterocycles. The highest BCUT2D eigenvalue weighted by molar-refractivity contribution is 7.26. The molecule has 0 amide bonds. The maximum Gasteiger partial charge on any atom is 0.161 e. The van der Waals surface area contributed by atoms with Crippen molar-refractivity contribution in [3.63, 3.8) is 0 Å². The summed E-state index contributed by atoms with van der Waals surface area (Å²) in [4.78, 5) is 13.1. The van der Waals surface area contributed by atoms with Crippen LogP contribution in [0.5, 0.6) is 0 Å². The average molecular weight is 722 g/mol. The van der Waals surface area contributed by atoms with E-state index in [0.717, 1.165) is 87.8 Å². The molecule has 0 bridgehead atoms. The van der Waals surface area contributed by atoms with Crippen LogP contribution in [0.25, 0.3) is 86.8 Å². The predicted octanol–water partition coefficient (Wildman–Crippen LogP) is 14.4. The summed E-state index contributed by atoms with van der Waals surface area (Å²) in [6.07, 6.45) is 0. The van der Waals surface area contributed by atoms with E-state index in [1.54, 1.807) is 11.3 Å². The highest BCUT2D eigenvalue weighted by Crippen LogP contribution is 2.47. The van der Waals surface area contributed by atoms with Crippen molar-refractivity contribution in [3.05, 3.63) is 188 Å². The summed E-state index contributed by atoms with van der Waals surface area (Å²) in [6, 6.07) is 66.0. The predicted molar refractivity (Wildman–Crippen MR) is 231 cm³/mol. The number of hydrogen-bond acceptors (Lipinski definition) is 5. The fraction of sp³-hybridized carbons (Fsp3) is 0. The summed E-state index contributed by atoms with van der Waals surface area (Å²) in [7, 11) is 0. The standard InChI is InChI=1S/C50H31N3OS/c1-4-14-32(15-5-1)33-24-26-38(27-25-33)53(37-20-8-3-9-21-37)42-29-28-40(45-41-30-35-18-10-11-19-36(35)31-43(41)54-48(42)45)50-51-46(34-16-6-2-7-17-34)49-47(52-50)39-22-12-13-23-44(39)55-49/h1-31H. The topological polar surface area (TPSA) is 42.2 Å². The molecule has 11 rings (SSSR count). The molecule has 0 spiro atoms. The van der Waals surface area contributed by atoms with Crippen molar-refractivity contribution < 1.29 is 4.42 Å². The van der Waals surface area contributed by atoms with Gasteiger partial charge in [0.25, 0.3) is 0 Å². The van der Waals surface area contributed by atoms with Crippen molar-refractivity contribution >= 4 is 81.4 Å². The number of hydrogen-bond donors (Lipinski definition) is 0. The maximum atomic E-state index is 7.03. The Kier molecular flexibility index (Phi) is 7.32. The number of aromatic nitrogens is 2. The van der Waals surface area contributed by atoms with Crippen LogP contribution < -0.4 is 4.90 Å². The van der Waals surface area contributed by atoms with Gasteiger partial charge in [-0.1, -0.05) is 133 Å². The Morgan fingerprint density at radius 1 is 0.491 bits per heavy atom. The SMILES string of the molecule is c1ccc(-c2ccc(N(c3ccccc3)c3ccc(-c4nc(-c5ccccc5)c5sc6ccccc6c5n4)c4c3oc3cc5ccccc5cc34)cc2)cc1. The van der Waals surface area contributed by atoms with E-state index in [-0.39, 0.29) is 0 Å². The number of benzene rings is 8. The molecule has 11 aromatic rings. The Hall–Kier alpha value is -7.08. The third kappa shape index (κ3) is 5.28. The summed E-state index contributed by atoms with van der Waals surface area (Å²) in [5.74, 6) is 0.667. The number of rotatable bonds is 6. The van der Waals surface area contributed by atoms with E-state index in [1.165, 1.54) is 10.3 Å². The molecule has 0 unspecified atom stereocenters. The molecular formula is C50H31N3OS. The lowest BCUT2D eigenvalue weighted by atomic mass is 10.0. The van der Waals surface area contributed by atoms with Crippen molar-refractivity contribution in [1.82, 2.24) is 9.97 Å². The van der Waals surface area contributed by atoms with Gasteiger partial charge in [0.2, 0.25) is 0 Å². The molecule has 0 saturated carbocycles.